The smallest absolute Gasteiger partial charge is 0.305 e. The summed E-state index contributed by atoms with van der Waals surface area (Å²) >= 11 is 0. The van der Waals surface area contributed by atoms with Crippen LogP contribution in [0.15, 0.2) is 12.2 Å². The number of rotatable bonds is 8. The minimum absolute atomic E-state index is 0.0648. The van der Waals surface area contributed by atoms with Crippen molar-refractivity contribution in [1.29, 1.82) is 0 Å². The fourth-order valence-corrected chi connectivity index (χ4v) is 1.07. The molecule has 0 saturated heterocycles. The van der Waals surface area contributed by atoms with Crippen molar-refractivity contribution in [1.82, 2.24) is 0 Å². The number of carbonyl (C=O) groups is 1. The molecule has 82 valence electrons. The van der Waals surface area contributed by atoms with E-state index in [0.717, 1.165) is 25.7 Å². The Bertz CT molecular complexity index is 162. The minimum atomic E-state index is -0.0648. The highest BCUT2D eigenvalue weighted by molar-refractivity contribution is 5.69. The zero-order valence-electron chi connectivity index (χ0n) is 9.42. The molecule has 0 aliphatic carbocycles. The maximum absolute atomic E-state index is 10.9. The molecule has 0 heterocycles. The van der Waals surface area contributed by atoms with Gasteiger partial charge >= 0.3 is 5.97 Å². The van der Waals surface area contributed by atoms with Crippen molar-refractivity contribution in [2.75, 3.05) is 6.61 Å². The summed E-state index contributed by atoms with van der Waals surface area (Å²) in [5.74, 6) is -0.0648. The lowest BCUT2D eigenvalue weighted by Gasteiger charge is -2.01. The van der Waals surface area contributed by atoms with Crippen LogP contribution in [-0.2, 0) is 9.53 Å². The highest BCUT2D eigenvalue weighted by Crippen LogP contribution is 1.97. The number of esters is 1. The SMILES string of the molecule is CCC/C=C\CCCOC(=O)CCC. The predicted octanol–water partition coefficient (Wildman–Crippen LogP) is 3.47. The molecule has 0 aliphatic rings. The first-order chi connectivity index (χ1) is 6.81. The number of allylic oxidation sites excluding steroid dienone is 2. The quantitative estimate of drug-likeness (QED) is 0.339. The van der Waals surface area contributed by atoms with E-state index in [1.807, 2.05) is 6.92 Å². The van der Waals surface area contributed by atoms with Crippen molar-refractivity contribution in [2.45, 2.75) is 52.4 Å². The van der Waals surface area contributed by atoms with E-state index in [2.05, 4.69) is 19.1 Å². The predicted molar refractivity (Wildman–Crippen MR) is 59.1 cm³/mol. The molecule has 2 nitrogen and oxygen atoms in total. The molecule has 0 aromatic rings. The van der Waals surface area contributed by atoms with Crippen molar-refractivity contribution >= 4 is 5.97 Å². The minimum Gasteiger partial charge on any atom is -0.466 e. The fourth-order valence-electron chi connectivity index (χ4n) is 1.07. The highest BCUT2D eigenvalue weighted by Gasteiger charge is 1.98. The molecule has 0 bridgehead atoms. The van der Waals surface area contributed by atoms with E-state index >= 15 is 0 Å². The Morgan fingerprint density at radius 1 is 1.14 bits per heavy atom. The molecule has 0 saturated carbocycles. The monoisotopic (exact) mass is 198 g/mol. The Balaban J connectivity index is 3.16. The van der Waals surface area contributed by atoms with Gasteiger partial charge in [-0.15, -0.1) is 0 Å². The standard InChI is InChI=1S/C12H22O2/c1-3-5-6-7-8-9-11-14-12(13)10-4-2/h6-7H,3-5,8-11H2,1-2H3/b7-6-. The van der Waals surface area contributed by atoms with E-state index in [9.17, 15) is 4.79 Å². The van der Waals surface area contributed by atoms with E-state index < -0.39 is 0 Å². The Kier molecular flexibility index (Phi) is 9.71. The number of carbonyl (C=O) groups excluding carboxylic acids is 1. The second-order valence-electron chi connectivity index (χ2n) is 3.37. The average molecular weight is 198 g/mol. The van der Waals surface area contributed by atoms with Gasteiger partial charge in [0.05, 0.1) is 6.61 Å². The molecule has 0 N–H and O–H groups in total. The maximum Gasteiger partial charge on any atom is 0.305 e. The summed E-state index contributed by atoms with van der Waals surface area (Å²) in [7, 11) is 0. The Morgan fingerprint density at radius 2 is 1.86 bits per heavy atom. The molecular weight excluding hydrogens is 176 g/mol. The van der Waals surface area contributed by atoms with Crippen molar-refractivity contribution in [3.63, 3.8) is 0 Å². The summed E-state index contributed by atoms with van der Waals surface area (Å²) in [5, 5.41) is 0. The highest BCUT2D eigenvalue weighted by atomic mass is 16.5. The molecule has 14 heavy (non-hydrogen) atoms. The van der Waals surface area contributed by atoms with Gasteiger partial charge in [0.1, 0.15) is 0 Å². The van der Waals surface area contributed by atoms with Gasteiger partial charge in [-0.2, -0.15) is 0 Å². The number of ether oxygens (including phenoxy) is 1. The largest absolute Gasteiger partial charge is 0.466 e. The second-order valence-corrected chi connectivity index (χ2v) is 3.37. The summed E-state index contributed by atoms with van der Waals surface area (Å²) in [6.45, 7) is 4.71. The lowest BCUT2D eigenvalue weighted by atomic mass is 10.2. The van der Waals surface area contributed by atoms with Gasteiger partial charge < -0.3 is 4.74 Å². The third-order valence-electron chi connectivity index (χ3n) is 1.85. The van der Waals surface area contributed by atoms with Crippen molar-refractivity contribution in [3.8, 4) is 0 Å². The lowest BCUT2D eigenvalue weighted by Crippen LogP contribution is -2.04. The fraction of sp³-hybridized carbons (Fsp3) is 0.750. The first-order valence-corrected chi connectivity index (χ1v) is 5.61. The summed E-state index contributed by atoms with van der Waals surface area (Å²) in [4.78, 5) is 10.9. The molecular formula is C12H22O2. The van der Waals surface area contributed by atoms with Crippen LogP contribution in [0.1, 0.15) is 52.4 Å². The second kappa shape index (κ2) is 10.3. The van der Waals surface area contributed by atoms with E-state index in [1.165, 1.54) is 6.42 Å². The van der Waals surface area contributed by atoms with Crippen LogP contribution in [0.3, 0.4) is 0 Å². The van der Waals surface area contributed by atoms with Crippen LogP contribution in [0.5, 0.6) is 0 Å². The first-order valence-electron chi connectivity index (χ1n) is 5.61. The Labute approximate surface area is 87.3 Å². The molecule has 0 unspecified atom stereocenters. The molecule has 0 aliphatic heterocycles. The summed E-state index contributed by atoms with van der Waals surface area (Å²) < 4.78 is 5.02. The van der Waals surface area contributed by atoms with Crippen molar-refractivity contribution < 1.29 is 9.53 Å². The van der Waals surface area contributed by atoms with Gasteiger partial charge in [-0.05, 0) is 25.7 Å². The molecule has 0 rings (SSSR count). The summed E-state index contributed by atoms with van der Waals surface area (Å²) in [6.07, 6.45) is 10.1. The van der Waals surface area contributed by atoms with Crippen LogP contribution in [0.25, 0.3) is 0 Å². The third-order valence-corrected chi connectivity index (χ3v) is 1.85. The third kappa shape index (κ3) is 9.30. The topological polar surface area (TPSA) is 26.3 Å². The van der Waals surface area contributed by atoms with E-state index in [1.54, 1.807) is 0 Å². The molecule has 0 radical (unpaired) electrons. The van der Waals surface area contributed by atoms with E-state index in [-0.39, 0.29) is 5.97 Å². The van der Waals surface area contributed by atoms with Crippen LogP contribution in [0, 0.1) is 0 Å². The van der Waals surface area contributed by atoms with Gasteiger partial charge in [-0.3, -0.25) is 4.79 Å². The first kappa shape index (κ1) is 13.2. The number of unbranched alkanes of at least 4 members (excludes halogenated alkanes) is 2. The molecule has 0 fully saturated rings. The van der Waals surface area contributed by atoms with Crippen LogP contribution >= 0.6 is 0 Å². The molecule has 0 aromatic heterocycles. The van der Waals surface area contributed by atoms with Gasteiger partial charge in [0, 0.05) is 6.42 Å². The Morgan fingerprint density at radius 3 is 2.50 bits per heavy atom. The number of hydrogen-bond acceptors (Lipinski definition) is 2. The van der Waals surface area contributed by atoms with Gasteiger partial charge in [0.2, 0.25) is 0 Å². The average Bonchev–Trinajstić information content (AvgIpc) is 2.17. The normalized spacial score (nSPS) is 10.7. The van der Waals surface area contributed by atoms with E-state index in [4.69, 9.17) is 4.74 Å². The van der Waals surface area contributed by atoms with Crippen LogP contribution < -0.4 is 0 Å². The van der Waals surface area contributed by atoms with Gasteiger partial charge in [0.25, 0.3) is 0 Å². The summed E-state index contributed by atoms with van der Waals surface area (Å²) in [6, 6.07) is 0. The van der Waals surface area contributed by atoms with Gasteiger partial charge in [0.15, 0.2) is 0 Å². The molecule has 0 aromatic carbocycles. The van der Waals surface area contributed by atoms with Crippen LogP contribution in [-0.4, -0.2) is 12.6 Å². The van der Waals surface area contributed by atoms with Gasteiger partial charge in [-0.1, -0.05) is 32.4 Å². The maximum atomic E-state index is 10.9. The molecule has 0 atom stereocenters. The summed E-state index contributed by atoms with van der Waals surface area (Å²) in [5.41, 5.74) is 0. The lowest BCUT2D eigenvalue weighted by molar-refractivity contribution is -0.143. The van der Waals surface area contributed by atoms with Crippen LogP contribution in [0.2, 0.25) is 0 Å². The van der Waals surface area contributed by atoms with Crippen molar-refractivity contribution in [2.24, 2.45) is 0 Å². The number of hydrogen-bond donors (Lipinski definition) is 0. The molecule has 0 amide bonds. The van der Waals surface area contributed by atoms with Crippen molar-refractivity contribution in [3.05, 3.63) is 12.2 Å². The molecule has 0 spiro atoms. The van der Waals surface area contributed by atoms with Crippen LogP contribution in [0.4, 0.5) is 0 Å². The molecule has 2 heteroatoms. The van der Waals surface area contributed by atoms with Gasteiger partial charge in [-0.25, -0.2) is 0 Å². The zero-order chi connectivity index (χ0) is 10.6. The Hall–Kier alpha value is -0.790. The van der Waals surface area contributed by atoms with E-state index in [0.29, 0.717) is 13.0 Å². The zero-order valence-corrected chi connectivity index (χ0v) is 9.42.